The van der Waals surface area contributed by atoms with Crippen molar-refractivity contribution in [3.63, 3.8) is 0 Å². The summed E-state index contributed by atoms with van der Waals surface area (Å²) in [5, 5.41) is 2.06. The zero-order chi connectivity index (χ0) is 24.4. The summed E-state index contributed by atoms with van der Waals surface area (Å²) >= 11 is 6.87. The van der Waals surface area contributed by atoms with Crippen LogP contribution in [0.15, 0.2) is 89.8 Å². The number of ether oxygens (including phenoxy) is 1. The molecule has 0 bridgehead atoms. The zero-order valence-corrected chi connectivity index (χ0v) is 20.0. The van der Waals surface area contributed by atoms with E-state index in [-0.39, 0.29) is 22.0 Å². The van der Waals surface area contributed by atoms with Crippen molar-refractivity contribution in [3.05, 3.63) is 117 Å². The Hall–Kier alpha value is -3.61. The number of hydrogen-bond acceptors (Lipinski definition) is 4. The quantitative estimate of drug-likeness (QED) is 0.256. The molecular formula is C28H19ClFNO3S. The fourth-order valence-electron chi connectivity index (χ4n) is 3.78. The predicted molar refractivity (Wildman–Crippen MR) is 138 cm³/mol. The molecule has 5 rings (SSSR count). The number of carbonyl (C=O) groups is 2. The molecule has 1 fully saturated rings. The average Bonchev–Trinajstić information content (AvgIpc) is 3.12. The third-order valence-corrected chi connectivity index (χ3v) is 6.91. The Morgan fingerprint density at radius 1 is 0.914 bits per heavy atom. The molecule has 0 unspecified atom stereocenters. The third kappa shape index (κ3) is 5.09. The van der Waals surface area contributed by atoms with Crippen LogP contribution in [0.1, 0.15) is 16.7 Å². The number of nitrogens with zero attached hydrogens (tertiary/aromatic N) is 1. The predicted octanol–water partition coefficient (Wildman–Crippen LogP) is 7.45. The molecule has 4 aromatic carbocycles. The molecule has 35 heavy (non-hydrogen) atoms. The van der Waals surface area contributed by atoms with Crippen LogP contribution < -0.4 is 4.74 Å². The molecule has 1 aliphatic rings. The third-order valence-electron chi connectivity index (χ3n) is 5.65. The molecule has 4 nitrogen and oxygen atoms in total. The highest BCUT2D eigenvalue weighted by molar-refractivity contribution is 8.18. The van der Waals surface area contributed by atoms with Gasteiger partial charge in [-0.25, -0.2) is 4.39 Å². The van der Waals surface area contributed by atoms with Gasteiger partial charge in [-0.15, -0.1) is 0 Å². The second-order valence-corrected chi connectivity index (χ2v) is 9.41. The molecule has 0 atom stereocenters. The number of amides is 2. The van der Waals surface area contributed by atoms with Gasteiger partial charge in [0.1, 0.15) is 18.2 Å². The summed E-state index contributed by atoms with van der Waals surface area (Å²) in [5.41, 5.74) is 1.93. The number of rotatable bonds is 6. The number of thioether (sulfide) groups is 1. The molecule has 0 aliphatic carbocycles. The molecule has 0 N–H and O–H groups in total. The van der Waals surface area contributed by atoms with Gasteiger partial charge in [-0.2, -0.15) is 0 Å². The SMILES string of the molecule is O=C1S/C(=C\c2ccc(OCc3ccc4ccccc4c3)cc2)C(=O)N1Cc1c(F)cccc1Cl. The van der Waals surface area contributed by atoms with E-state index in [0.717, 1.165) is 33.2 Å². The Labute approximate surface area is 211 Å². The minimum atomic E-state index is -0.556. The molecule has 1 heterocycles. The monoisotopic (exact) mass is 503 g/mol. The van der Waals surface area contributed by atoms with Gasteiger partial charge < -0.3 is 4.74 Å². The van der Waals surface area contributed by atoms with Crippen molar-refractivity contribution in [2.75, 3.05) is 0 Å². The Bertz CT molecular complexity index is 1450. The summed E-state index contributed by atoms with van der Waals surface area (Å²) in [4.78, 5) is 26.5. The largest absolute Gasteiger partial charge is 0.489 e. The van der Waals surface area contributed by atoms with Gasteiger partial charge in [-0.05, 0) is 70.1 Å². The first-order chi connectivity index (χ1) is 17.0. The summed E-state index contributed by atoms with van der Waals surface area (Å²) in [6.07, 6.45) is 1.64. The van der Waals surface area contributed by atoms with Crippen LogP contribution in [0.3, 0.4) is 0 Å². The van der Waals surface area contributed by atoms with E-state index in [9.17, 15) is 14.0 Å². The molecule has 0 aromatic heterocycles. The molecule has 7 heteroatoms. The van der Waals surface area contributed by atoms with Crippen LogP contribution in [0, 0.1) is 5.82 Å². The minimum absolute atomic E-state index is 0.116. The van der Waals surface area contributed by atoms with E-state index in [1.54, 1.807) is 6.08 Å². The van der Waals surface area contributed by atoms with E-state index in [0.29, 0.717) is 12.4 Å². The molecular weight excluding hydrogens is 485 g/mol. The van der Waals surface area contributed by atoms with Crippen LogP contribution in [0.2, 0.25) is 5.02 Å². The van der Waals surface area contributed by atoms with Gasteiger partial charge >= 0.3 is 0 Å². The van der Waals surface area contributed by atoms with Gasteiger partial charge in [0.25, 0.3) is 11.1 Å². The fraction of sp³-hybridized carbons (Fsp3) is 0.0714. The molecule has 0 radical (unpaired) electrons. The standard InChI is InChI=1S/C28H19ClFNO3S/c29-24-6-3-7-25(30)23(24)16-31-27(32)26(35-28(31)33)15-18-9-12-22(13-10-18)34-17-19-8-11-20-4-1-2-5-21(20)14-19/h1-15H,16-17H2/b26-15-. The lowest BCUT2D eigenvalue weighted by molar-refractivity contribution is -0.123. The molecule has 2 amide bonds. The number of hydrogen-bond donors (Lipinski definition) is 0. The summed E-state index contributed by atoms with van der Waals surface area (Å²) in [7, 11) is 0. The first-order valence-corrected chi connectivity index (χ1v) is 12.1. The van der Waals surface area contributed by atoms with E-state index < -0.39 is 17.0 Å². The summed E-state index contributed by atoms with van der Waals surface area (Å²) < 4.78 is 20.0. The molecule has 0 saturated carbocycles. The number of imide groups is 1. The Kier molecular flexibility index (Phi) is 6.57. The Balaban J connectivity index is 1.25. The van der Waals surface area contributed by atoms with E-state index >= 15 is 0 Å². The van der Waals surface area contributed by atoms with Crippen molar-refractivity contribution in [2.45, 2.75) is 13.2 Å². The van der Waals surface area contributed by atoms with Gasteiger partial charge in [-0.1, -0.05) is 66.2 Å². The van der Waals surface area contributed by atoms with Gasteiger partial charge in [0.05, 0.1) is 11.4 Å². The maximum atomic E-state index is 14.1. The minimum Gasteiger partial charge on any atom is -0.489 e. The topological polar surface area (TPSA) is 46.6 Å². The normalized spacial score (nSPS) is 14.8. The smallest absolute Gasteiger partial charge is 0.293 e. The van der Waals surface area contributed by atoms with E-state index in [2.05, 4.69) is 24.3 Å². The number of fused-ring (bicyclic) bond motifs is 1. The molecule has 1 aliphatic heterocycles. The summed E-state index contributed by atoms with van der Waals surface area (Å²) in [5.74, 6) is -0.339. The Morgan fingerprint density at radius 2 is 1.69 bits per heavy atom. The van der Waals surface area contributed by atoms with Crippen LogP contribution >= 0.6 is 23.4 Å². The van der Waals surface area contributed by atoms with Crippen molar-refractivity contribution >= 4 is 51.4 Å². The second-order valence-electron chi connectivity index (χ2n) is 8.01. The number of benzene rings is 4. The van der Waals surface area contributed by atoms with Gasteiger partial charge in [0.15, 0.2) is 0 Å². The van der Waals surface area contributed by atoms with E-state index in [1.165, 1.54) is 23.6 Å². The van der Waals surface area contributed by atoms with Crippen LogP contribution in [0.4, 0.5) is 9.18 Å². The fourth-order valence-corrected chi connectivity index (χ4v) is 4.85. The van der Waals surface area contributed by atoms with E-state index in [4.69, 9.17) is 16.3 Å². The maximum Gasteiger partial charge on any atom is 0.293 e. The highest BCUT2D eigenvalue weighted by Crippen LogP contribution is 2.35. The summed E-state index contributed by atoms with van der Waals surface area (Å²) in [6.45, 7) is 0.219. The van der Waals surface area contributed by atoms with Crippen molar-refractivity contribution < 1.29 is 18.7 Å². The lowest BCUT2D eigenvalue weighted by Crippen LogP contribution is -2.28. The highest BCUT2D eigenvalue weighted by Gasteiger charge is 2.35. The van der Waals surface area contributed by atoms with Gasteiger partial charge in [-0.3, -0.25) is 14.5 Å². The first kappa shape index (κ1) is 23.1. The van der Waals surface area contributed by atoms with Gasteiger partial charge in [0, 0.05) is 10.6 Å². The van der Waals surface area contributed by atoms with Crippen molar-refractivity contribution in [1.82, 2.24) is 4.90 Å². The number of carbonyl (C=O) groups excluding carboxylic acids is 2. The van der Waals surface area contributed by atoms with Crippen LogP contribution in [-0.4, -0.2) is 16.0 Å². The second kappa shape index (κ2) is 9.94. The van der Waals surface area contributed by atoms with Gasteiger partial charge in [0.2, 0.25) is 0 Å². The lowest BCUT2D eigenvalue weighted by Gasteiger charge is -2.14. The summed E-state index contributed by atoms with van der Waals surface area (Å²) in [6, 6.07) is 25.9. The molecule has 174 valence electrons. The lowest BCUT2D eigenvalue weighted by atomic mass is 10.1. The first-order valence-electron chi connectivity index (χ1n) is 10.9. The molecule has 1 saturated heterocycles. The highest BCUT2D eigenvalue weighted by atomic mass is 35.5. The Morgan fingerprint density at radius 3 is 2.46 bits per heavy atom. The number of halogens is 2. The van der Waals surface area contributed by atoms with Crippen LogP contribution in [-0.2, 0) is 17.9 Å². The van der Waals surface area contributed by atoms with Crippen LogP contribution in [0.25, 0.3) is 16.8 Å². The average molecular weight is 504 g/mol. The molecule has 4 aromatic rings. The van der Waals surface area contributed by atoms with E-state index in [1.807, 2.05) is 42.5 Å². The maximum absolute atomic E-state index is 14.1. The zero-order valence-electron chi connectivity index (χ0n) is 18.4. The van der Waals surface area contributed by atoms with Crippen molar-refractivity contribution in [2.24, 2.45) is 0 Å². The van der Waals surface area contributed by atoms with Crippen LogP contribution in [0.5, 0.6) is 5.75 Å². The van der Waals surface area contributed by atoms with Crippen molar-refractivity contribution in [1.29, 1.82) is 0 Å². The molecule has 0 spiro atoms. The van der Waals surface area contributed by atoms with Crippen molar-refractivity contribution in [3.8, 4) is 5.75 Å².